The van der Waals surface area contributed by atoms with Crippen molar-refractivity contribution in [2.24, 2.45) is 0 Å². The highest BCUT2D eigenvalue weighted by Crippen LogP contribution is 2.43. The number of nitriles is 1. The third-order valence-electron chi connectivity index (χ3n) is 6.01. The Balaban J connectivity index is 1.58. The number of alkyl halides is 4. The van der Waals surface area contributed by atoms with Crippen molar-refractivity contribution in [3.8, 4) is 34.6 Å². The molecule has 1 aliphatic heterocycles. The second-order valence-electron chi connectivity index (χ2n) is 8.50. The molecule has 0 saturated heterocycles. The molecule has 0 bridgehead atoms. The number of hydrogen-bond acceptors (Lipinski definition) is 8. The van der Waals surface area contributed by atoms with E-state index in [-0.39, 0.29) is 57.3 Å². The Labute approximate surface area is 222 Å². The third kappa shape index (κ3) is 4.77. The highest BCUT2D eigenvalue weighted by Gasteiger charge is 2.43. The highest BCUT2D eigenvalue weighted by molar-refractivity contribution is 5.94. The van der Waals surface area contributed by atoms with Gasteiger partial charge in [-0.15, -0.1) is 8.78 Å². The summed E-state index contributed by atoms with van der Waals surface area (Å²) in [5.74, 6) is -1.69. The second kappa shape index (κ2) is 9.92. The predicted octanol–water partition coefficient (Wildman–Crippen LogP) is 4.85. The van der Waals surface area contributed by atoms with Crippen LogP contribution in [-0.2, 0) is 11.3 Å². The predicted molar refractivity (Wildman–Crippen MR) is 131 cm³/mol. The molecule has 4 aromatic rings. The quantitative estimate of drug-likeness (QED) is 0.296. The standard InChI is InChI=1S/C26H18F4N4O6/c1-3-33(15-4-5-18-19(9-15)40-26(29,30)39-18)21(35)12-34-25(36)17-10-20(24(27)28)38-23(17)22(32-34)14-6-13(11-31)7-16(8-14)37-2/h4-10,24H,3,12H2,1-2H3. The number of anilines is 1. The zero-order valence-electron chi connectivity index (χ0n) is 20.8. The number of likely N-dealkylation sites (N-methyl/N-ethyl adjacent to an activating group) is 1. The Hall–Kier alpha value is -5.06. The average Bonchev–Trinajstić information content (AvgIpc) is 3.50. The van der Waals surface area contributed by atoms with Gasteiger partial charge in [-0.25, -0.2) is 13.5 Å². The van der Waals surface area contributed by atoms with Gasteiger partial charge in [0.1, 0.15) is 18.0 Å². The van der Waals surface area contributed by atoms with Crippen LogP contribution < -0.4 is 24.7 Å². The van der Waals surface area contributed by atoms with Crippen molar-refractivity contribution in [2.45, 2.75) is 26.2 Å². The fourth-order valence-corrected chi connectivity index (χ4v) is 4.24. The van der Waals surface area contributed by atoms with Gasteiger partial charge in [-0.05, 0) is 43.3 Å². The number of benzene rings is 2. The van der Waals surface area contributed by atoms with Gasteiger partial charge in [-0.1, -0.05) is 0 Å². The van der Waals surface area contributed by atoms with Crippen LogP contribution in [0.15, 0.2) is 51.7 Å². The van der Waals surface area contributed by atoms with E-state index < -0.39 is 36.5 Å². The molecule has 0 aliphatic carbocycles. The lowest BCUT2D eigenvalue weighted by Gasteiger charge is -2.21. The van der Waals surface area contributed by atoms with Gasteiger partial charge in [0.15, 0.2) is 22.8 Å². The van der Waals surface area contributed by atoms with Gasteiger partial charge in [-0.3, -0.25) is 9.59 Å². The van der Waals surface area contributed by atoms with Crippen LogP contribution in [0.2, 0.25) is 0 Å². The molecule has 10 nitrogen and oxygen atoms in total. The lowest BCUT2D eigenvalue weighted by molar-refractivity contribution is -0.286. The van der Waals surface area contributed by atoms with Crippen LogP contribution in [0.5, 0.6) is 17.2 Å². The van der Waals surface area contributed by atoms with Crippen LogP contribution in [0.25, 0.3) is 22.2 Å². The van der Waals surface area contributed by atoms with Crippen molar-refractivity contribution in [3.63, 3.8) is 0 Å². The summed E-state index contributed by atoms with van der Waals surface area (Å²) in [4.78, 5) is 27.7. The fraction of sp³-hybridized carbons (Fsp3) is 0.231. The number of nitrogens with zero attached hydrogens (tertiary/aromatic N) is 4. The SMILES string of the molecule is CCN(C(=O)Cn1nc(-c2cc(C#N)cc(OC)c2)c2oc(C(F)F)cc2c1=O)c1ccc2c(c1)OC(F)(F)O2. The molecule has 3 heterocycles. The van der Waals surface area contributed by atoms with Crippen LogP contribution in [-0.4, -0.2) is 35.6 Å². The van der Waals surface area contributed by atoms with Crippen molar-refractivity contribution in [1.29, 1.82) is 5.26 Å². The highest BCUT2D eigenvalue weighted by atomic mass is 19.3. The number of halogens is 4. The molecule has 0 N–H and O–H groups in total. The number of methoxy groups -OCH3 is 1. The number of ether oxygens (including phenoxy) is 3. The fourth-order valence-electron chi connectivity index (χ4n) is 4.24. The first-order valence-corrected chi connectivity index (χ1v) is 11.7. The molecule has 0 spiro atoms. The van der Waals surface area contributed by atoms with Crippen molar-refractivity contribution >= 4 is 22.6 Å². The molecule has 1 amide bonds. The van der Waals surface area contributed by atoms with E-state index in [9.17, 15) is 32.4 Å². The lowest BCUT2D eigenvalue weighted by Crippen LogP contribution is -2.37. The van der Waals surface area contributed by atoms with Crippen molar-refractivity contribution < 1.29 is 41.0 Å². The topological polar surface area (TPSA) is 120 Å². The van der Waals surface area contributed by atoms with Gasteiger partial charge >= 0.3 is 6.29 Å². The van der Waals surface area contributed by atoms with Crippen molar-refractivity contribution in [2.75, 3.05) is 18.6 Å². The average molecular weight is 558 g/mol. The summed E-state index contributed by atoms with van der Waals surface area (Å²) >= 11 is 0. The van der Waals surface area contributed by atoms with Gasteiger partial charge in [0.2, 0.25) is 5.91 Å². The zero-order valence-corrected chi connectivity index (χ0v) is 20.8. The summed E-state index contributed by atoms with van der Waals surface area (Å²) in [5.41, 5.74) is -0.682. The second-order valence-corrected chi connectivity index (χ2v) is 8.50. The van der Waals surface area contributed by atoms with Gasteiger partial charge in [0, 0.05) is 23.9 Å². The molecule has 2 aromatic heterocycles. The summed E-state index contributed by atoms with van der Waals surface area (Å²) in [5, 5.41) is 13.4. The molecule has 40 heavy (non-hydrogen) atoms. The Bertz CT molecular complexity index is 1740. The normalized spacial score (nSPS) is 13.4. The third-order valence-corrected chi connectivity index (χ3v) is 6.01. The summed E-state index contributed by atoms with van der Waals surface area (Å²) in [6, 6.07) is 10.9. The van der Waals surface area contributed by atoms with E-state index in [0.717, 1.165) is 10.7 Å². The summed E-state index contributed by atoms with van der Waals surface area (Å²) in [6.07, 6.45) is -6.89. The molecule has 1 aliphatic rings. The van der Waals surface area contributed by atoms with E-state index in [2.05, 4.69) is 14.6 Å². The van der Waals surface area contributed by atoms with E-state index in [1.165, 1.54) is 48.4 Å². The zero-order chi connectivity index (χ0) is 28.8. The lowest BCUT2D eigenvalue weighted by atomic mass is 10.1. The van der Waals surface area contributed by atoms with Crippen LogP contribution in [0, 0.1) is 11.3 Å². The first-order chi connectivity index (χ1) is 19.0. The number of carbonyl (C=O) groups is 1. The molecular formula is C26H18F4N4O6. The maximum Gasteiger partial charge on any atom is 0.586 e. The molecule has 0 fully saturated rings. The summed E-state index contributed by atoms with van der Waals surface area (Å²) in [6.45, 7) is 1.04. The molecule has 0 atom stereocenters. The Kier molecular flexibility index (Phi) is 6.58. The Morgan fingerprint density at radius 2 is 1.93 bits per heavy atom. The first kappa shape index (κ1) is 26.5. The van der Waals surface area contributed by atoms with Crippen LogP contribution in [0.1, 0.15) is 24.7 Å². The summed E-state index contributed by atoms with van der Waals surface area (Å²) < 4.78 is 73.9. The molecule has 14 heteroatoms. The van der Waals surface area contributed by atoms with Crippen LogP contribution in [0.3, 0.4) is 0 Å². The molecule has 2 aromatic carbocycles. The van der Waals surface area contributed by atoms with Crippen molar-refractivity contribution in [1.82, 2.24) is 9.78 Å². The molecule has 5 rings (SSSR count). The number of fused-ring (bicyclic) bond motifs is 2. The smallest absolute Gasteiger partial charge is 0.497 e. The number of amides is 1. The molecule has 0 unspecified atom stereocenters. The van der Waals surface area contributed by atoms with Crippen LogP contribution in [0.4, 0.5) is 23.2 Å². The van der Waals surface area contributed by atoms with E-state index >= 15 is 0 Å². The molecular weight excluding hydrogens is 540 g/mol. The van der Waals surface area contributed by atoms with E-state index in [4.69, 9.17) is 9.15 Å². The summed E-state index contributed by atoms with van der Waals surface area (Å²) in [7, 11) is 1.36. The maximum atomic E-state index is 13.5. The van der Waals surface area contributed by atoms with E-state index in [1.54, 1.807) is 6.92 Å². The first-order valence-electron chi connectivity index (χ1n) is 11.7. The van der Waals surface area contributed by atoms with Crippen molar-refractivity contribution in [3.05, 3.63) is 64.1 Å². The number of hydrogen-bond donors (Lipinski definition) is 0. The number of aromatic nitrogens is 2. The molecule has 206 valence electrons. The van der Waals surface area contributed by atoms with Crippen LogP contribution >= 0.6 is 0 Å². The van der Waals surface area contributed by atoms with E-state index in [0.29, 0.717) is 0 Å². The minimum atomic E-state index is -3.85. The molecule has 0 saturated carbocycles. The number of carbonyl (C=O) groups excluding carboxylic acids is 1. The van der Waals surface area contributed by atoms with E-state index in [1.807, 2.05) is 6.07 Å². The minimum Gasteiger partial charge on any atom is -0.497 e. The molecule has 0 radical (unpaired) electrons. The minimum absolute atomic E-state index is 0.0708. The Morgan fingerprint density at radius 1 is 1.18 bits per heavy atom. The van der Waals surface area contributed by atoms with Gasteiger partial charge in [0.05, 0.1) is 24.1 Å². The van der Waals surface area contributed by atoms with Gasteiger partial charge < -0.3 is 23.5 Å². The maximum absolute atomic E-state index is 13.5. The largest absolute Gasteiger partial charge is 0.586 e. The van der Waals surface area contributed by atoms with Gasteiger partial charge in [-0.2, -0.15) is 10.4 Å². The number of rotatable bonds is 7. The number of furan rings is 1. The van der Waals surface area contributed by atoms with Gasteiger partial charge in [0.25, 0.3) is 12.0 Å². The monoisotopic (exact) mass is 558 g/mol. The Morgan fingerprint density at radius 3 is 2.60 bits per heavy atom.